The van der Waals surface area contributed by atoms with Gasteiger partial charge in [0, 0.05) is 26.2 Å². The van der Waals surface area contributed by atoms with Gasteiger partial charge in [-0.1, -0.05) is 25.5 Å². The first-order valence-electron chi connectivity index (χ1n) is 11.2. The molecule has 1 fully saturated rings. The number of benzene rings is 1. The molecule has 1 N–H and O–H groups in total. The highest BCUT2D eigenvalue weighted by atomic mass is 19.1. The van der Waals surface area contributed by atoms with Crippen molar-refractivity contribution in [3.63, 3.8) is 0 Å². The standard InChI is InChI=1S/C24H32FN3O4/c1-2-3-12-26-24(30)28(17-22-7-5-14-32-22)18-23(29)27(16-21-6-4-13-31-21)15-19-8-10-20(25)11-9-19/h4,6,8-11,13,22H,2-3,5,7,12,14-18H2,1H3,(H,26,30). The van der Waals surface area contributed by atoms with E-state index in [1.54, 1.807) is 35.4 Å². The van der Waals surface area contributed by atoms with Crippen LogP contribution < -0.4 is 5.32 Å². The van der Waals surface area contributed by atoms with E-state index in [0.29, 0.717) is 25.5 Å². The van der Waals surface area contributed by atoms with Crippen molar-refractivity contribution in [2.75, 3.05) is 26.2 Å². The van der Waals surface area contributed by atoms with E-state index in [-0.39, 0.29) is 43.5 Å². The van der Waals surface area contributed by atoms with Crippen molar-refractivity contribution in [2.24, 2.45) is 0 Å². The first kappa shape index (κ1) is 23.8. The van der Waals surface area contributed by atoms with Gasteiger partial charge in [-0.25, -0.2) is 9.18 Å². The van der Waals surface area contributed by atoms with E-state index >= 15 is 0 Å². The predicted octanol–water partition coefficient (Wildman–Crippen LogP) is 3.94. The number of ether oxygens (including phenoxy) is 1. The fraction of sp³-hybridized carbons (Fsp3) is 0.500. The number of amides is 3. The number of hydrogen-bond acceptors (Lipinski definition) is 4. The lowest BCUT2D eigenvalue weighted by molar-refractivity contribution is -0.133. The lowest BCUT2D eigenvalue weighted by Gasteiger charge is -2.29. The molecule has 1 aromatic carbocycles. The van der Waals surface area contributed by atoms with Crippen LogP contribution in [0.15, 0.2) is 47.1 Å². The van der Waals surface area contributed by atoms with Crippen LogP contribution in [0.2, 0.25) is 0 Å². The maximum atomic E-state index is 13.3. The Labute approximate surface area is 188 Å². The molecule has 0 spiro atoms. The van der Waals surface area contributed by atoms with Crippen molar-refractivity contribution < 1.29 is 23.1 Å². The molecule has 1 atom stereocenters. The molecule has 1 unspecified atom stereocenters. The molecule has 8 heteroatoms. The molecule has 1 aliphatic rings. The van der Waals surface area contributed by atoms with E-state index < -0.39 is 0 Å². The summed E-state index contributed by atoms with van der Waals surface area (Å²) in [6, 6.07) is 9.35. The fourth-order valence-electron chi connectivity index (χ4n) is 3.63. The van der Waals surface area contributed by atoms with Crippen molar-refractivity contribution in [2.45, 2.75) is 51.8 Å². The maximum Gasteiger partial charge on any atom is 0.317 e. The molecule has 2 aromatic rings. The molecule has 1 aromatic heterocycles. The van der Waals surface area contributed by atoms with Crippen molar-refractivity contribution in [1.82, 2.24) is 15.1 Å². The number of nitrogens with one attached hydrogen (secondary N) is 1. The SMILES string of the molecule is CCCCNC(=O)N(CC(=O)N(Cc1ccc(F)cc1)Cc1ccco1)CC1CCCO1. The van der Waals surface area contributed by atoms with Gasteiger partial charge in [0.15, 0.2) is 0 Å². The molecule has 1 aliphatic heterocycles. The molecule has 7 nitrogen and oxygen atoms in total. The normalized spacial score (nSPS) is 15.5. The van der Waals surface area contributed by atoms with E-state index in [4.69, 9.17) is 9.15 Å². The largest absolute Gasteiger partial charge is 0.467 e. The zero-order valence-corrected chi connectivity index (χ0v) is 18.6. The molecular formula is C24H32FN3O4. The molecule has 0 bridgehead atoms. The fourth-order valence-corrected chi connectivity index (χ4v) is 3.63. The van der Waals surface area contributed by atoms with E-state index in [1.807, 2.05) is 0 Å². The predicted molar refractivity (Wildman–Crippen MR) is 118 cm³/mol. The number of carbonyl (C=O) groups is 2. The van der Waals surface area contributed by atoms with E-state index in [9.17, 15) is 14.0 Å². The first-order valence-corrected chi connectivity index (χ1v) is 11.2. The Bertz CT molecular complexity index is 835. The zero-order chi connectivity index (χ0) is 22.8. The molecule has 2 heterocycles. The van der Waals surface area contributed by atoms with Crippen LogP contribution in [-0.4, -0.2) is 54.1 Å². The summed E-state index contributed by atoms with van der Waals surface area (Å²) >= 11 is 0. The molecule has 0 radical (unpaired) electrons. The molecule has 0 aliphatic carbocycles. The van der Waals surface area contributed by atoms with Crippen molar-refractivity contribution >= 4 is 11.9 Å². The van der Waals surface area contributed by atoms with Crippen LogP contribution in [0.5, 0.6) is 0 Å². The minimum absolute atomic E-state index is 0.0599. The monoisotopic (exact) mass is 445 g/mol. The number of rotatable bonds is 11. The lowest BCUT2D eigenvalue weighted by Crippen LogP contribution is -2.49. The first-order chi connectivity index (χ1) is 15.5. The molecule has 3 amide bonds. The van der Waals surface area contributed by atoms with Crippen LogP contribution in [0, 0.1) is 5.82 Å². The van der Waals surface area contributed by atoms with Crippen LogP contribution in [0.3, 0.4) is 0 Å². The second-order valence-corrected chi connectivity index (χ2v) is 8.06. The number of hydrogen-bond donors (Lipinski definition) is 1. The molecular weight excluding hydrogens is 413 g/mol. The van der Waals surface area contributed by atoms with Crippen molar-refractivity contribution in [3.8, 4) is 0 Å². The van der Waals surface area contributed by atoms with E-state index in [0.717, 1.165) is 31.2 Å². The highest BCUT2D eigenvalue weighted by molar-refractivity contribution is 5.84. The smallest absolute Gasteiger partial charge is 0.317 e. The Hall–Kier alpha value is -2.87. The van der Waals surface area contributed by atoms with Gasteiger partial charge in [-0.3, -0.25) is 4.79 Å². The second-order valence-electron chi connectivity index (χ2n) is 8.06. The Morgan fingerprint density at radius 2 is 1.97 bits per heavy atom. The highest BCUT2D eigenvalue weighted by Crippen LogP contribution is 2.16. The second kappa shape index (κ2) is 12.2. The summed E-state index contributed by atoms with van der Waals surface area (Å²) in [6.45, 7) is 4.14. The molecule has 3 rings (SSSR count). The summed E-state index contributed by atoms with van der Waals surface area (Å²) in [5, 5.41) is 2.90. The van der Waals surface area contributed by atoms with Crippen molar-refractivity contribution in [1.29, 1.82) is 0 Å². The van der Waals surface area contributed by atoms with E-state index in [2.05, 4.69) is 12.2 Å². The lowest BCUT2D eigenvalue weighted by atomic mass is 10.2. The maximum absolute atomic E-state index is 13.3. The molecule has 1 saturated heterocycles. The number of nitrogens with zero attached hydrogens (tertiary/aromatic N) is 2. The average molecular weight is 446 g/mol. The van der Waals surface area contributed by atoms with E-state index in [1.165, 1.54) is 17.0 Å². The van der Waals surface area contributed by atoms with Crippen LogP contribution in [0.25, 0.3) is 0 Å². The molecule has 174 valence electrons. The Balaban J connectivity index is 1.71. The summed E-state index contributed by atoms with van der Waals surface area (Å²) in [5.41, 5.74) is 0.796. The van der Waals surface area contributed by atoms with Crippen molar-refractivity contribution in [3.05, 3.63) is 59.8 Å². The van der Waals surface area contributed by atoms with Gasteiger partial charge in [-0.2, -0.15) is 0 Å². The average Bonchev–Trinajstić information content (AvgIpc) is 3.48. The summed E-state index contributed by atoms with van der Waals surface area (Å²) in [6.07, 6.45) is 5.18. The molecule has 32 heavy (non-hydrogen) atoms. The Morgan fingerprint density at radius 1 is 1.16 bits per heavy atom. The van der Waals surface area contributed by atoms with Gasteiger partial charge in [0.05, 0.1) is 18.9 Å². The van der Waals surface area contributed by atoms with Gasteiger partial charge >= 0.3 is 6.03 Å². The summed E-state index contributed by atoms with van der Waals surface area (Å²) < 4.78 is 24.4. The minimum Gasteiger partial charge on any atom is -0.467 e. The van der Waals surface area contributed by atoms with Gasteiger partial charge in [0.1, 0.15) is 18.1 Å². The van der Waals surface area contributed by atoms with Gasteiger partial charge < -0.3 is 24.3 Å². The number of carbonyl (C=O) groups excluding carboxylic acids is 2. The number of furan rings is 1. The third kappa shape index (κ3) is 7.37. The van der Waals surface area contributed by atoms with Gasteiger partial charge in [0.2, 0.25) is 5.91 Å². The van der Waals surface area contributed by atoms with Gasteiger partial charge in [-0.15, -0.1) is 0 Å². The summed E-state index contributed by atoms with van der Waals surface area (Å²) in [7, 11) is 0. The number of unbranched alkanes of at least 4 members (excludes halogenated alkanes) is 1. The minimum atomic E-state index is -0.329. The zero-order valence-electron chi connectivity index (χ0n) is 18.6. The van der Waals surface area contributed by atoms with Crippen LogP contribution in [-0.2, 0) is 22.6 Å². The Morgan fingerprint density at radius 3 is 2.62 bits per heavy atom. The third-order valence-electron chi connectivity index (χ3n) is 5.43. The van der Waals surface area contributed by atoms with Crippen LogP contribution in [0.1, 0.15) is 43.9 Å². The van der Waals surface area contributed by atoms with Gasteiger partial charge in [0.25, 0.3) is 0 Å². The number of urea groups is 1. The quantitative estimate of drug-likeness (QED) is 0.532. The van der Waals surface area contributed by atoms with Crippen LogP contribution >= 0.6 is 0 Å². The topological polar surface area (TPSA) is 75.0 Å². The van der Waals surface area contributed by atoms with Gasteiger partial charge in [-0.05, 0) is 49.1 Å². The molecule has 0 saturated carbocycles. The summed E-state index contributed by atoms with van der Waals surface area (Å²) in [4.78, 5) is 29.3. The van der Waals surface area contributed by atoms with Crippen LogP contribution in [0.4, 0.5) is 9.18 Å². The summed E-state index contributed by atoms with van der Waals surface area (Å²) in [5.74, 6) is 0.0945. The number of halogens is 1. The third-order valence-corrected chi connectivity index (χ3v) is 5.43. The Kier molecular flexibility index (Phi) is 9.10. The highest BCUT2D eigenvalue weighted by Gasteiger charge is 2.26.